The summed E-state index contributed by atoms with van der Waals surface area (Å²) in [6.45, 7) is 4.50. The van der Waals surface area contributed by atoms with Crippen LogP contribution in [0.5, 0.6) is 0 Å². The lowest BCUT2D eigenvalue weighted by molar-refractivity contribution is -0.154. The summed E-state index contributed by atoms with van der Waals surface area (Å²) < 4.78 is 0. The third-order valence-electron chi connectivity index (χ3n) is 3.70. The zero-order valence-corrected chi connectivity index (χ0v) is 11.8. The van der Waals surface area contributed by atoms with Crippen LogP contribution in [0.15, 0.2) is 24.3 Å². The number of benzene rings is 1. The first kappa shape index (κ1) is 14.5. The Kier molecular flexibility index (Phi) is 4.09. The van der Waals surface area contributed by atoms with E-state index < -0.39 is 5.60 Å². The SMILES string of the molecule is CCC1(O)CN(C(=O)CNC(=O)c2ccc(C)cc2)C1. The van der Waals surface area contributed by atoms with Crippen LogP contribution in [-0.2, 0) is 4.79 Å². The molecule has 1 aromatic rings. The number of carbonyl (C=O) groups excluding carboxylic acids is 2. The van der Waals surface area contributed by atoms with E-state index in [1.54, 1.807) is 17.0 Å². The predicted molar refractivity (Wildman–Crippen MR) is 75.3 cm³/mol. The Morgan fingerprint density at radius 2 is 1.90 bits per heavy atom. The van der Waals surface area contributed by atoms with Crippen molar-refractivity contribution >= 4 is 11.8 Å². The van der Waals surface area contributed by atoms with Gasteiger partial charge in [0.2, 0.25) is 5.91 Å². The van der Waals surface area contributed by atoms with Crippen LogP contribution in [0.3, 0.4) is 0 Å². The lowest BCUT2D eigenvalue weighted by Gasteiger charge is -2.46. The van der Waals surface area contributed by atoms with Gasteiger partial charge in [-0.3, -0.25) is 9.59 Å². The molecule has 0 saturated carbocycles. The van der Waals surface area contributed by atoms with Crippen LogP contribution in [0.25, 0.3) is 0 Å². The smallest absolute Gasteiger partial charge is 0.251 e. The average Bonchev–Trinajstić information content (AvgIpc) is 2.41. The van der Waals surface area contributed by atoms with Crippen molar-refractivity contribution in [1.82, 2.24) is 10.2 Å². The van der Waals surface area contributed by atoms with Crippen LogP contribution in [0.4, 0.5) is 0 Å². The molecule has 1 aliphatic heterocycles. The Morgan fingerprint density at radius 3 is 2.45 bits per heavy atom. The largest absolute Gasteiger partial charge is 0.386 e. The van der Waals surface area contributed by atoms with Gasteiger partial charge < -0.3 is 15.3 Å². The van der Waals surface area contributed by atoms with E-state index in [0.717, 1.165) is 5.56 Å². The molecule has 2 N–H and O–H groups in total. The minimum Gasteiger partial charge on any atom is -0.386 e. The maximum Gasteiger partial charge on any atom is 0.251 e. The zero-order valence-electron chi connectivity index (χ0n) is 11.8. The zero-order chi connectivity index (χ0) is 14.8. The van der Waals surface area contributed by atoms with Crippen molar-refractivity contribution < 1.29 is 14.7 Å². The summed E-state index contributed by atoms with van der Waals surface area (Å²) in [5.74, 6) is -0.423. The van der Waals surface area contributed by atoms with Crippen molar-refractivity contribution in [2.45, 2.75) is 25.9 Å². The van der Waals surface area contributed by atoms with Gasteiger partial charge in [0.1, 0.15) is 0 Å². The Morgan fingerprint density at radius 1 is 1.30 bits per heavy atom. The summed E-state index contributed by atoms with van der Waals surface area (Å²) in [5.41, 5.74) is 0.880. The summed E-state index contributed by atoms with van der Waals surface area (Å²) in [6, 6.07) is 7.17. The van der Waals surface area contributed by atoms with Gasteiger partial charge in [0.15, 0.2) is 0 Å². The number of carbonyl (C=O) groups is 2. The molecule has 0 aliphatic carbocycles. The van der Waals surface area contributed by atoms with Crippen molar-refractivity contribution in [3.8, 4) is 0 Å². The molecule has 1 aliphatic rings. The van der Waals surface area contributed by atoms with Crippen LogP contribution < -0.4 is 5.32 Å². The fourth-order valence-electron chi connectivity index (χ4n) is 2.14. The highest BCUT2D eigenvalue weighted by Crippen LogP contribution is 2.23. The molecule has 5 nitrogen and oxygen atoms in total. The van der Waals surface area contributed by atoms with Crippen molar-refractivity contribution in [1.29, 1.82) is 0 Å². The second-order valence-electron chi connectivity index (χ2n) is 5.38. The van der Waals surface area contributed by atoms with Crippen LogP contribution in [0.1, 0.15) is 29.3 Å². The summed E-state index contributed by atoms with van der Waals surface area (Å²) in [7, 11) is 0. The molecule has 0 unspecified atom stereocenters. The molecule has 0 spiro atoms. The molecule has 5 heteroatoms. The van der Waals surface area contributed by atoms with Crippen LogP contribution in [0, 0.1) is 6.92 Å². The number of nitrogens with zero attached hydrogens (tertiary/aromatic N) is 1. The second kappa shape index (κ2) is 5.63. The lowest BCUT2D eigenvalue weighted by Crippen LogP contribution is -2.64. The maximum atomic E-state index is 11.8. The van der Waals surface area contributed by atoms with Crippen molar-refractivity contribution in [2.75, 3.05) is 19.6 Å². The van der Waals surface area contributed by atoms with Crippen LogP contribution >= 0.6 is 0 Å². The Bertz CT molecular complexity index is 504. The molecule has 0 radical (unpaired) electrons. The minimum atomic E-state index is -0.739. The van der Waals surface area contributed by atoms with Crippen molar-refractivity contribution in [2.24, 2.45) is 0 Å². The van der Waals surface area contributed by atoms with Gasteiger partial charge in [-0.25, -0.2) is 0 Å². The van der Waals surface area contributed by atoms with Gasteiger partial charge in [-0.1, -0.05) is 24.6 Å². The first-order valence-electron chi connectivity index (χ1n) is 6.78. The van der Waals surface area contributed by atoms with Gasteiger partial charge in [-0.2, -0.15) is 0 Å². The number of rotatable bonds is 4. The molecule has 1 aromatic carbocycles. The monoisotopic (exact) mass is 276 g/mol. The number of aryl methyl sites for hydroxylation is 1. The lowest BCUT2D eigenvalue weighted by atomic mass is 9.91. The number of hydrogen-bond acceptors (Lipinski definition) is 3. The molecule has 1 heterocycles. The highest BCUT2D eigenvalue weighted by atomic mass is 16.3. The van der Waals surface area contributed by atoms with E-state index in [2.05, 4.69) is 5.32 Å². The molecule has 0 bridgehead atoms. The number of aliphatic hydroxyl groups is 1. The molecule has 108 valence electrons. The van der Waals surface area contributed by atoms with Crippen LogP contribution in [0.2, 0.25) is 0 Å². The first-order valence-corrected chi connectivity index (χ1v) is 6.78. The van der Waals surface area contributed by atoms with E-state index in [1.807, 2.05) is 26.0 Å². The number of β-amino-alcohol motifs (C(OH)–C–C–N with tert-alkyl or cyclic N) is 1. The van der Waals surface area contributed by atoms with E-state index in [1.165, 1.54) is 0 Å². The maximum absolute atomic E-state index is 11.8. The molecule has 0 aromatic heterocycles. The number of nitrogens with one attached hydrogen (secondary N) is 1. The highest BCUT2D eigenvalue weighted by molar-refractivity contribution is 5.96. The Hall–Kier alpha value is -1.88. The Labute approximate surface area is 118 Å². The molecular weight excluding hydrogens is 256 g/mol. The number of hydrogen-bond donors (Lipinski definition) is 2. The fraction of sp³-hybridized carbons (Fsp3) is 0.467. The van der Waals surface area contributed by atoms with E-state index in [-0.39, 0.29) is 18.4 Å². The van der Waals surface area contributed by atoms with Gasteiger partial charge in [0.25, 0.3) is 5.91 Å². The van der Waals surface area contributed by atoms with Gasteiger partial charge in [-0.05, 0) is 25.5 Å². The third-order valence-corrected chi connectivity index (χ3v) is 3.70. The molecule has 1 fully saturated rings. The van der Waals surface area contributed by atoms with E-state index in [0.29, 0.717) is 25.1 Å². The summed E-state index contributed by atoms with van der Waals surface area (Å²) >= 11 is 0. The third kappa shape index (κ3) is 3.17. The minimum absolute atomic E-state index is 0.0352. The van der Waals surface area contributed by atoms with Gasteiger partial charge >= 0.3 is 0 Å². The molecule has 2 amide bonds. The summed E-state index contributed by atoms with van der Waals surface area (Å²) in [6.07, 6.45) is 0.631. The molecule has 2 rings (SSSR count). The molecule has 0 atom stereocenters. The molecule has 20 heavy (non-hydrogen) atoms. The van der Waals surface area contributed by atoms with Crippen LogP contribution in [-0.4, -0.2) is 47.1 Å². The van der Waals surface area contributed by atoms with Gasteiger partial charge in [-0.15, -0.1) is 0 Å². The standard InChI is InChI=1S/C15H20N2O3/c1-3-15(20)9-17(10-15)13(18)8-16-14(19)12-6-4-11(2)5-7-12/h4-7,20H,3,8-10H2,1-2H3,(H,16,19). The Balaban J connectivity index is 1.79. The van der Waals surface area contributed by atoms with Crippen molar-refractivity contribution in [3.63, 3.8) is 0 Å². The van der Waals surface area contributed by atoms with Crippen molar-refractivity contribution in [3.05, 3.63) is 35.4 Å². The topological polar surface area (TPSA) is 69.6 Å². The molecular formula is C15H20N2O3. The summed E-state index contributed by atoms with van der Waals surface area (Å²) in [4.78, 5) is 25.2. The summed E-state index contributed by atoms with van der Waals surface area (Å²) in [5, 5.41) is 12.4. The first-order chi connectivity index (χ1) is 9.43. The normalized spacial score (nSPS) is 16.4. The number of amides is 2. The quantitative estimate of drug-likeness (QED) is 0.851. The molecule has 1 saturated heterocycles. The van der Waals surface area contributed by atoms with Gasteiger partial charge in [0.05, 0.1) is 25.2 Å². The highest BCUT2D eigenvalue weighted by Gasteiger charge is 2.41. The predicted octanol–water partition coefficient (Wildman–Crippen LogP) is 0.708. The van der Waals surface area contributed by atoms with Gasteiger partial charge in [0, 0.05) is 5.56 Å². The second-order valence-corrected chi connectivity index (χ2v) is 5.38. The average molecular weight is 276 g/mol. The number of likely N-dealkylation sites (tertiary alicyclic amines) is 1. The van der Waals surface area contributed by atoms with E-state index in [4.69, 9.17) is 0 Å². The van der Waals surface area contributed by atoms with E-state index >= 15 is 0 Å². The fourth-order valence-corrected chi connectivity index (χ4v) is 2.14. The van der Waals surface area contributed by atoms with E-state index in [9.17, 15) is 14.7 Å².